The number of hydrogen-bond donors (Lipinski definition) is 0. The van der Waals surface area contributed by atoms with E-state index in [0.29, 0.717) is 11.8 Å². The van der Waals surface area contributed by atoms with E-state index in [1.807, 2.05) is 34.9 Å². The first kappa shape index (κ1) is 16.9. The summed E-state index contributed by atoms with van der Waals surface area (Å²) >= 11 is 0. The number of halogens is 2. The Morgan fingerprint density at radius 3 is 2.56 bits per heavy atom. The predicted octanol–water partition coefficient (Wildman–Crippen LogP) is 4.46. The summed E-state index contributed by atoms with van der Waals surface area (Å²) < 4.78 is 29.3. The van der Waals surface area contributed by atoms with Crippen LogP contribution in [0.2, 0.25) is 0 Å². The van der Waals surface area contributed by atoms with Crippen LogP contribution in [-0.4, -0.2) is 15.3 Å². The molecule has 6 heteroatoms. The highest BCUT2D eigenvalue weighted by Gasteiger charge is 2.22. The number of benzene rings is 2. The second-order valence-corrected chi connectivity index (χ2v) is 6.03. The topological polar surface area (TPSA) is 37.6 Å². The molecule has 0 aliphatic heterocycles. The zero-order valence-corrected chi connectivity index (χ0v) is 14.2. The summed E-state index contributed by atoms with van der Waals surface area (Å²) in [5.74, 6) is -2.17. The number of imidazole rings is 1. The van der Waals surface area contributed by atoms with Gasteiger partial charge in [-0.25, -0.2) is 13.8 Å². The van der Waals surface area contributed by atoms with Gasteiger partial charge in [0, 0.05) is 18.0 Å². The number of anilines is 1. The van der Waals surface area contributed by atoms with Crippen molar-refractivity contribution < 1.29 is 13.6 Å². The molecule has 134 valence electrons. The SMILES string of the molecule is O=C(c1ccc(F)cc1F)N(Cc1cnc2ccccn12)c1ccccc1. The smallest absolute Gasteiger partial charge is 0.261 e. The Morgan fingerprint density at radius 1 is 1.00 bits per heavy atom. The minimum Gasteiger partial charge on any atom is -0.302 e. The summed E-state index contributed by atoms with van der Waals surface area (Å²) in [4.78, 5) is 18.9. The number of fused-ring (bicyclic) bond motifs is 1. The van der Waals surface area contributed by atoms with E-state index in [2.05, 4.69) is 4.98 Å². The van der Waals surface area contributed by atoms with Crippen LogP contribution < -0.4 is 4.90 Å². The van der Waals surface area contributed by atoms with Gasteiger partial charge in [0.25, 0.3) is 5.91 Å². The average molecular weight is 363 g/mol. The van der Waals surface area contributed by atoms with Crippen molar-refractivity contribution >= 4 is 17.2 Å². The number of amides is 1. The van der Waals surface area contributed by atoms with Gasteiger partial charge in [-0.15, -0.1) is 0 Å². The molecule has 0 radical (unpaired) electrons. The predicted molar refractivity (Wildman–Crippen MR) is 98.5 cm³/mol. The lowest BCUT2D eigenvalue weighted by Gasteiger charge is -2.23. The van der Waals surface area contributed by atoms with Crippen molar-refractivity contribution in [2.24, 2.45) is 0 Å². The molecule has 27 heavy (non-hydrogen) atoms. The van der Waals surface area contributed by atoms with Crippen LogP contribution in [0.3, 0.4) is 0 Å². The fourth-order valence-corrected chi connectivity index (χ4v) is 2.96. The second kappa shape index (κ2) is 6.99. The van der Waals surface area contributed by atoms with Gasteiger partial charge in [0.05, 0.1) is 24.0 Å². The first-order valence-corrected chi connectivity index (χ1v) is 8.36. The number of carbonyl (C=O) groups is 1. The average Bonchev–Trinajstić information content (AvgIpc) is 3.09. The third-order valence-corrected chi connectivity index (χ3v) is 4.29. The van der Waals surface area contributed by atoms with Crippen LogP contribution in [0.1, 0.15) is 16.1 Å². The van der Waals surface area contributed by atoms with Gasteiger partial charge in [-0.2, -0.15) is 0 Å². The van der Waals surface area contributed by atoms with Crippen LogP contribution in [0.15, 0.2) is 79.1 Å². The molecule has 0 atom stereocenters. The van der Waals surface area contributed by atoms with E-state index in [4.69, 9.17) is 0 Å². The van der Waals surface area contributed by atoms with Crippen LogP contribution >= 0.6 is 0 Å². The molecule has 0 aliphatic rings. The Bertz CT molecular complexity index is 1110. The summed E-state index contributed by atoms with van der Waals surface area (Å²) in [7, 11) is 0. The first-order chi connectivity index (χ1) is 13.1. The number of hydrogen-bond acceptors (Lipinski definition) is 2. The van der Waals surface area contributed by atoms with E-state index in [1.165, 1.54) is 4.90 Å². The third kappa shape index (κ3) is 3.29. The molecule has 0 saturated carbocycles. The van der Waals surface area contributed by atoms with Gasteiger partial charge in [0.1, 0.15) is 17.3 Å². The van der Waals surface area contributed by atoms with Gasteiger partial charge >= 0.3 is 0 Å². The van der Waals surface area contributed by atoms with Gasteiger partial charge in [-0.3, -0.25) is 4.79 Å². The molecule has 2 aromatic carbocycles. The lowest BCUT2D eigenvalue weighted by molar-refractivity contribution is 0.0981. The summed E-state index contributed by atoms with van der Waals surface area (Å²) in [6, 6.07) is 17.5. The van der Waals surface area contributed by atoms with Crippen LogP contribution in [0.25, 0.3) is 5.65 Å². The molecule has 2 heterocycles. The summed E-state index contributed by atoms with van der Waals surface area (Å²) in [5, 5.41) is 0. The molecule has 1 amide bonds. The highest BCUT2D eigenvalue weighted by molar-refractivity contribution is 6.06. The van der Waals surface area contributed by atoms with Gasteiger partial charge in [-0.05, 0) is 36.4 Å². The fraction of sp³-hybridized carbons (Fsp3) is 0.0476. The van der Waals surface area contributed by atoms with E-state index in [0.717, 1.165) is 23.5 Å². The molecule has 2 aromatic heterocycles. The van der Waals surface area contributed by atoms with Gasteiger partial charge in [-0.1, -0.05) is 24.3 Å². The highest BCUT2D eigenvalue weighted by atomic mass is 19.1. The Labute approximate surface area is 154 Å². The molecule has 4 aromatic rings. The number of nitrogens with zero attached hydrogens (tertiary/aromatic N) is 3. The van der Waals surface area contributed by atoms with Crippen molar-refractivity contribution in [3.63, 3.8) is 0 Å². The Hall–Kier alpha value is -3.54. The monoisotopic (exact) mass is 363 g/mol. The number of pyridine rings is 1. The van der Waals surface area contributed by atoms with Crippen LogP contribution in [0, 0.1) is 11.6 Å². The van der Waals surface area contributed by atoms with E-state index in [-0.39, 0.29) is 12.1 Å². The van der Waals surface area contributed by atoms with Crippen LogP contribution in [0.5, 0.6) is 0 Å². The highest BCUT2D eigenvalue weighted by Crippen LogP contribution is 2.22. The van der Waals surface area contributed by atoms with Crippen molar-refractivity contribution in [3.8, 4) is 0 Å². The number of aromatic nitrogens is 2. The number of carbonyl (C=O) groups excluding carboxylic acids is 1. The Kier molecular flexibility index (Phi) is 4.38. The third-order valence-electron chi connectivity index (χ3n) is 4.29. The van der Waals surface area contributed by atoms with Gasteiger partial charge in [0.2, 0.25) is 0 Å². The molecule has 4 nitrogen and oxygen atoms in total. The maximum atomic E-state index is 14.2. The van der Waals surface area contributed by atoms with Crippen molar-refractivity contribution in [3.05, 3.63) is 102 Å². The largest absolute Gasteiger partial charge is 0.302 e. The van der Waals surface area contributed by atoms with Crippen LogP contribution in [0.4, 0.5) is 14.5 Å². The number of rotatable bonds is 4. The molecule has 0 spiro atoms. The summed E-state index contributed by atoms with van der Waals surface area (Å²) in [5.41, 5.74) is 1.94. The maximum Gasteiger partial charge on any atom is 0.261 e. The lowest BCUT2D eigenvalue weighted by atomic mass is 10.1. The summed E-state index contributed by atoms with van der Waals surface area (Å²) in [6.07, 6.45) is 3.53. The molecule has 0 unspecified atom stereocenters. The molecular weight excluding hydrogens is 348 g/mol. The first-order valence-electron chi connectivity index (χ1n) is 8.36. The molecule has 0 N–H and O–H groups in total. The standard InChI is InChI=1S/C21H15F2N3O/c22-15-9-10-18(19(23)12-15)21(27)26(16-6-2-1-3-7-16)14-17-13-24-20-8-4-5-11-25(17)20/h1-13H,14H2. The molecular formula is C21H15F2N3O. The zero-order valence-electron chi connectivity index (χ0n) is 14.2. The molecule has 0 fully saturated rings. The minimum atomic E-state index is -0.890. The van der Waals surface area contributed by atoms with Gasteiger partial charge < -0.3 is 9.30 Å². The quantitative estimate of drug-likeness (QED) is 0.537. The number of para-hydroxylation sites is 1. The lowest BCUT2D eigenvalue weighted by Crippen LogP contribution is -2.31. The van der Waals surface area contributed by atoms with Crippen molar-refractivity contribution in [2.75, 3.05) is 4.90 Å². The molecule has 0 bridgehead atoms. The minimum absolute atomic E-state index is 0.185. The van der Waals surface area contributed by atoms with E-state index in [9.17, 15) is 13.6 Å². The maximum absolute atomic E-state index is 14.2. The zero-order chi connectivity index (χ0) is 18.8. The molecule has 0 aliphatic carbocycles. The van der Waals surface area contributed by atoms with Crippen LogP contribution in [-0.2, 0) is 6.54 Å². The van der Waals surface area contributed by atoms with Crippen molar-refractivity contribution in [1.29, 1.82) is 0 Å². The molecule has 0 saturated heterocycles. The molecule has 4 rings (SSSR count). The Morgan fingerprint density at radius 2 is 1.78 bits per heavy atom. The van der Waals surface area contributed by atoms with E-state index >= 15 is 0 Å². The van der Waals surface area contributed by atoms with E-state index in [1.54, 1.807) is 30.5 Å². The normalized spacial score (nSPS) is 10.9. The van der Waals surface area contributed by atoms with Crippen molar-refractivity contribution in [2.45, 2.75) is 6.54 Å². The van der Waals surface area contributed by atoms with Gasteiger partial charge in [0.15, 0.2) is 0 Å². The fourth-order valence-electron chi connectivity index (χ4n) is 2.96. The Balaban J connectivity index is 1.76. The van der Waals surface area contributed by atoms with Crippen molar-refractivity contribution in [1.82, 2.24) is 9.38 Å². The second-order valence-electron chi connectivity index (χ2n) is 6.03. The summed E-state index contributed by atoms with van der Waals surface area (Å²) in [6.45, 7) is 0.185. The van der Waals surface area contributed by atoms with E-state index < -0.39 is 17.5 Å².